The molecule has 198 valence electrons. The van der Waals surface area contributed by atoms with Crippen LogP contribution in [0.3, 0.4) is 0 Å². The second-order valence-electron chi connectivity index (χ2n) is 9.96. The van der Waals surface area contributed by atoms with Crippen molar-refractivity contribution in [2.75, 3.05) is 19.6 Å². The van der Waals surface area contributed by atoms with Gasteiger partial charge in [0, 0.05) is 23.6 Å². The number of hydrogen-bond acceptors (Lipinski definition) is 5. The Hall–Kier alpha value is -2.06. The van der Waals surface area contributed by atoms with E-state index in [1.54, 1.807) is 18.7 Å². The first kappa shape index (κ1) is 31.0. The maximum absolute atomic E-state index is 13.5. The molecule has 0 spiro atoms. The highest BCUT2D eigenvalue weighted by molar-refractivity contribution is 7.99. The number of rotatable bonds is 11. The van der Waals surface area contributed by atoms with Gasteiger partial charge in [-0.2, -0.15) is 0 Å². The van der Waals surface area contributed by atoms with Crippen LogP contribution in [0, 0.1) is 11.8 Å². The average molecular weight is 508 g/mol. The Morgan fingerprint density at radius 1 is 1.20 bits per heavy atom. The Morgan fingerprint density at radius 3 is 2.29 bits per heavy atom. The summed E-state index contributed by atoms with van der Waals surface area (Å²) in [6, 6.07) is 9.31. The van der Waals surface area contributed by atoms with E-state index in [0.29, 0.717) is 24.1 Å². The largest absolute Gasteiger partial charge is 0.343 e. The summed E-state index contributed by atoms with van der Waals surface area (Å²) in [4.78, 5) is 38.8. The minimum atomic E-state index is -0.715. The molecule has 0 radical (unpaired) electrons. The SMILES string of the molecule is CC1CCN(C(=O)C(NC(=O)C(C)CN(O)C=O)C(C)(C)SCc2ccccc2)CC1.CCCC. The van der Waals surface area contributed by atoms with Crippen LogP contribution < -0.4 is 5.32 Å². The van der Waals surface area contributed by atoms with Gasteiger partial charge in [-0.15, -0.1) is 11.8 Å². The number of nitrogens with one attached hydrogen (secondary N) is 1. The first-order valence-corrected chi connectivity index (χ1v) is 13.7. The summed E-state index contributed by atoms with van der Waals surface area (Å²) in [5.41, 5.74) is 1.15. The Bertz CT molecular complexity index is 765. The van der Waals surface area contributed by atoms with Gasteiger partial charge in [0.05, 0.1) is 12.5 Å². The Morgan fingerprint density at radius 2 is 1.77 bits per heavy atom. The van der Waals surface area contributed by atoms with Crippen molar-refractivity contribution in [2.45, 2.75) is 83.8 Å². The third kappa shape index (κ3) is 11.0. The second-order valence-corrected chi connectivity index (χ2v) is 11.6. The van der Waals surface area contributed by atoms with Crippen molar-refractivity contribution in [2.24, 2.45) is 11.8 Å². The van der Waals surface area contributed by atoms with Crippen LogP contribution in [0.4, 0.5) is 0 Å². The van der Waals surface area contributed by atoms with Crippen molar-refractivity contribution in [1.29, 1.82) is 0 Å². The van der Waals surface area contributed by atoms with E-state index in [1.807, 2.05) is 49.1 Å². The first-order chi connectivity index (χ1) is 16.5. The number of thioether (sulfide) groups is 1. The molecule has 1 aliphatic heterocycles. The van der Waals surface area contributed by atoms with Gasteiger partial charge in [-0.3, -0.25) is 19.6 Å². The first-order valence-electron chi connectivity index (χ1n) is 12.7. The van der Waals surface area contributed by atoms with Gasteiger partial charge in [0.15, 0.2) is 0 Å². The standard InChI is InChI=1S/C23H35N3O4S.C4H10/c1-17-10-12-25(13-11-17)22(29)20(24-21(28)18(2)14-26(30)16-27)23(3,4)31-15-19-8-6-5-7-9-19;1-3-4-2/h5-9,16-18,20,30H,10-15H2,1-4H3,(H,24,28);3-4H2,1-2H3. The molecule has 1 fully saturated rings. The van der Waals surface area contributed by atoms with E-state index in [-0.39, 0.29) is 24.8 Å². The molecule has 0 aromatic heterocycles. The number of hydrogen-bond donors (Lipinski definition) is 2. The highest BCUT2D eigenvalue weighted by Gasteiger charge is 2.40. The van der Waals surface area contributed by atoms with Crippen LogP contribution >= 0.6 is 11.8 Å². The van der Waals surface area contributed by atoms with E-state index >= 15 is 0 Å². The number of carbonyl (C=O) groups excluding carboxylic acids is 3. The number of hydroxylamine groups is 2. The molecule has 1 aliphatic rings. The highest BCUT2D eigenvalue weighted by Crippen LogP contribution is 2.33. The molecule has 3 amide bonds. The topological polar surface area (TPSA) is 90.0 Å². The minimum absolute atomic E-state index is 0.0748. The van der Waals surface area contributed by atoms with Gasteiger partial charge in [0.2, 0.25) is 18.2 Å². The molecule has 2 rings (SSSR count). The minimum Gasteiger partial charge on any atom is -0.343 e. The molecule has 0 aliphatic carbocycles. The molecule has 0 saturated carbocycles. The Labute approximate surface area is 216 Å². The summed E-state index contributed by atoms with van der Waals surface area (Å²) in [6.07, 6.45) is 4.82. The van der Waals surface area contributed by atoms with Crippen molar-refractivity contribution in [3.63, 3.8) is 0 Å². The summed E-state index contributed by atoms with van der Waals surface area (Å²) in [5, 5.41) is 12.8. The van der Waals surface area contributed by atoms with Crippen LogP contribution in [-0.2, 0) is 20.1 Å². The number of nitrogens with zero attached hydrogens (tertiary/aromatic N) is 2. The third-order valence-electron chi connectivity index (χ3n) is 6.31. The quantitative estimate of drug-likeness (QED) is 0.257. The molecular weight excluding hydrogens is 462 g/mol. The van der Waals surface area contributed by atoms with Crippen molar-refractivity contribution in [1.82, 2.24) is 15.3 Å². The zero-order valence-corrected chi connectivity index (χ0v) is 23.1. The van der Waals surface area contributed by atoms with Crippen LogP contribution in [0.1, 0.15) is 72.8 Å². The molecule has 1 aromatic rings. The van der Waals surface area contributed by atoms with E-state index in [1.165, 1.54) is 12.8 Å². The van der Waals surface area contributed by atoms with Crippen molar-refractivity contribution < 1.29 is 19.6 Å². The van der Waals surface area contributed by atoms with Crippen LogP contribution in [0.15, 0.2) is 30.3 Å². The number of amides is 3. The third-order valence-corrected chi connectivity index (χ3v) is 7.77. The second kappa shape index (κ2) is 15.8. The number of likely N-dealkylation sites (tertiary alicyclic amines) is 1. The number of piperidine rings is 1. The van der Waals surface area contributed by atoms with Gasteiger partial charge in [-0.25, -0.2) is 5.06 Å². The zero-order chi connectivity index (χ0) is 26.4. The zero-order valence-electron chi connectivity index (χ0n) is 22.3. The highest BCUT2D eigenvalue weighted by atomic mass is 32.2. The van der Waals surface area contributed by atoms with Crippen LogP contribution in [0.5, 0.6) is 0 Å². The fourth-order valence-corrected chi connectivity index (χ4v) is 4.62. The van der Waals surface area contributed by atoms with Gasteiger partial charge in [0.1, 0.15) is 6.04 Å². The summed E-state index contributed by atoms with van der Waals surface area (Å²) < 4.78 is -0.561. The number of unbranched alkanes of at least 4 members (excludes halogenated alkanes) is 1. The number of carbonyl (C=O) groups is 3. The van der Waals surface area contributed by atoms with Crippen molar-refractivity contribution in [3.05, 3.63) is 35.9 Å². The van der Waals surface area contributed by atoms with Crippen molar-refractivity contribution >= 4 is 30.0 Å². The van der Waals surface area contributed by atoms with Crippen LogP contribution in [0.25, 0.3) is 0 Å². The molecule has 2 unspecified atom stereocenters. The lowest BCUT2D eigenvalue weighted by atomic mass is 9.95. The average Bonchev–Trinajstić information content (AvgIpc) is 2.86. The summed E-state index contributed by atoms with van der Waals surface area (Å²) in [6.45, 7) is 13.4. The fourth-order valence-electron chi connectivity index (χ4n) is 3.56. The predicted octanol–water partition coefficient (Wildman–Crippen LogP) is 4.73. The lowest BCUT2D eigenvalue weighted by Gasteiger charge is -2.39. The van der Waals surface area contributed by atoms with E-state index in [2.05, 4.69) is 26.1 Å². The molecule has 8 heteroatoms. The summed E-state index contributed by atoms with van der Waals surface area (Å²) in [5.74, 6) is 0.223. The van der Waals surface area contributed by atoms with E-state index in [0.717, 1.165) is 24.2 Å². The van der Waals surface area contributed by atoms with E-state index < -0.39 is 16.7 Å². The molecular formula is C27H45N3O4S. The maximum atomic E-state index is 13.5. The van der Waals surface area contributed by atoms with Gasteiger partial charge in [0.25, 0.3) is 0 Å². The Balaban J connectivity index is 0.00000142. The molecule has 35 heavy (non-hydrogen) atoms. The summed E-state index contributed by atoms with van der Waals surface area (Å²) in [7, 11) is 0. The van der Waals surface area contributed by atoms with Gasteiger partial charge in [-0.1, -0.05) is 70.9 Å². The number of benzene rings is 1. The van der Waals surface area contributed by atoms with Crippen LogP contribution in [-0.4, -0.2) is 63.8 Å². The molecule has 2 N–H and O–H groups in total. The monoisotopic (exact) mass is 507 g/mol. The smallest absolute Gasteiger partial charge is 0.246 e. The summed E-state index contributed by atoms with van der Waals surface area (Å²) >= 11 is 1.63. The molecule has 1 saturated heterocycles. The lowest BCUT2D eigenvalue weighted by Crippen LogP contribution is -2.59. The maximum Gasteiger partial charge on any atom is 0.246 e. The van der Waals surface area contributed by atoms with Gasteiger partial charge < -0.3 is 10.2 Å². The molecule has 7 nitrogen and oxygen atoms in total. The van der Waals surface area contributed by atoms with E-state index in [4.69, 9.17) is 0 Å². The van der Waals surface area contributed by atoms with Gasteiger partial charge >= 0.3 is 0 Å². The molecule has 1 aromatic carbocycles. The van der Waals surface area contributed by atoms with E-state index in [9.17, 15) is 19.6 Å². The van der Waals surface area contributed by atoms with Crippen molar-refractivity contribution in [3.8, 4) is 0 Å². The molecule has 2 atom stereocenters. The Kier molecular flexibility index (Phi) is 14.0. The van der Waals surface area contributed by atoms with Crippen LogP contribution in [0.2, 0.25) is 0 Å². The van der Waals surface area contributed by atoms with Gasteiger partial charge in [-0.05, 0) is 38.2 Å². The molecule has 1 heterocycles. The fraction of sp³-hybridized carbons (Fsp3) is 0.667. The lowest BCUT2D eigenvalue weighted by molar-refractivity contribution is -0.154. The normalized spacial score (nSPS) is 15.9. The predicted molar refractivity (Wildman–Crippen MR) is 143 cm³/mol. The molecule has 0 bridgehead atoms.